The predicted molar refractivity (Wildman–Crippen MR) is 63.8 cm³/mol. The first kappa shape index (κ1) is 10.9. The van der Waals surface area contributed by atoms with E-state index in [0.717, 1.165) is 10.4 Å². The van der Waals surface area contributed by atoms with Gasteiger partial charge in [0.05, 0.1) is 12.0 Å². The van der Waals surface area contributed by atoms with Crippen molar-refractivity contribution in [3.63, 3.8) is 0 Å². The SMILES string of the molecule is COc1ccccc1-c1snc(Cl)c1C#N. The van der Waals surface area contributed by atoms with Crippen LogP contribution in [0.1, 0.15) is 5.56 Å². The first-order valence-electron chi connectivity index (χ1n) is 4.46. The van der Waals surface area contributed by atoms with Gasteiger partial charge in [0.1, 0.15) is 17.4 Å². The van der Waals surface area contributed by atoms with Gasteiger partial charge in [-0.05, 0) is 23.7 Å². The zero-order valence-electron chi connectivity index (χ0n) is 8.40. The molecule has 0 spiro atoms. The molecule has 0 aliphatic heterocycles. The van der Waals surface area contributed by atoms with E-state index in [9.17, 15) is 0 Å². The molecule has 0 fully saturated rings. The smallest absolute Gasteiger partial charge is 0.161 e. The maximum absolute atomic E-state index is 9.00. The summed E-state index contributed by atoms with van der Waals surface area (Å²) >= 11 is 7.03. The van der Waals surface area contributed by atoms with Crippen LogP contribution in [0.4, 0.5) is 0 Å². The summed E-state index contributed by atoms with van der Waals surface area (Å²) in [7, 11) is 1.59. The maximum Gasteiger partial charge on any atom is 0.161 e. The number of halogens is 1. The van der Waals surface area contributed by atoms with Crippen molar-refractivity contribution in [2.24, 2.45) is 0 Å². The highest BCUT2D eigenvalue weighted by atomic mass is 35.5. The summed E-state index contributed by atoms with van der Waals surface area (Å²) in [6, 6.07) is 9.52. The molecule has 5 heteroatoms. The number of aromatic nitrogens is 1. The second-order valence-corrected chi connectivity index (χ2v) is 4.12. The van der Waals surface area contributed by atoms with Crippen molar-refractivity contribution in [1.29, 1.82) is 5.26 Å². The van der Waals surface area contributed by atoms with Crippen LogP contribution in [0.3, 0.4) is 0 Å². The quantitative estimate of drug-likeness (QED) is 0.821. The molecule has 2 aromatic rings. The summed E-state index contributed by atoms with van der Waals surface area (Å²) in [6.45, 7) is 0. The number of nitrogens with zero attached hydrogens (tertiary/aromatic N) is 2. The van der Waals surface area contributed by atoms with Crippen LogP contribution in [-0.4, -0.2) is 11.5 Å². The van der Waals surface area contributed by atoms with Gasteiger partial charge in [0.2, 0.25) is 0 Å². The molecule has 3 nitrogen and oxygen atoms in total. The molecule has 2 rings (SSSR count). The van der Waals surface area contributed by atoms with Gasteiger partial charge in [-0.1, -0.05) is 23.7 Å². The van der Waals surface area contributed by atoms with E-state index in [-0.39, 0.29) is 5.15 Å². The molecule has 0 N–H and O–H groups in total. The Bertz CT molecular complexity index is 559. The summed E-state index contributed by atoms with van der Waals surface area (Å²) in [5, 5.41) is 9.25. The van der Waals surface area contributed by atoms with E-state index in [4.69, 9.17) is 21.6 Å². The number of para-hydroxylation sites is 1. The van der Waals surface area contributed by atoms with E-state index in [1.165, 1.54) is 11.5 Å². The molecule has 0 aliphatic rings. The summed E-state index contributed by atoms with van der Waals surface area (Å²) in [4.78, 5) is 0.741. The second kappa shape index (κ2) is 4.52. The highest BCUT2D eigenvalue weighted by Crippen LogP contribution is 2.37. The summed E-state index contributed by atoms with van der Waals surface area (Å²) in [5.41, 5.74) is 1.24. The van der Waals surface area contributed by atoms with Crippen LogP contribution in [0.25, 0.3) is 10.4 Å². The van der Waals surface area contributed by atoms with Gasteiger partial charge >= 0.3 is 0 Å². The highest BCUT2D eigenvalue weighted by Gasteiger charge is 2.16. The number of nitriles is 1. The van der Waals surface area contributed by atoms with Crippen molar-refractivity contribution in [1.82, 2.24) is 4.37 Å². The molecule has 1 aromatic carbocycles. The van der Waals surface area contributed by atoms with Crippen molar-refractivity contribution < 1.29 is 4.74 Å². The first-order chi connectivity index (χ1) is 7.77. The molecule has 0 saturated carbocycles. The second-order valence-electron chi connectivity index (χ2n) is 2.99. The van der Waals surface area contributed by atoms with E-state index in [2.05, 4.69) is 10.4 Å². The van der Waals surface area contributed by atoms with Crippen LogP contribution in [0, 0.1) is 11.3 Å². The van der Waals surface area contributed by atoms with Gasteiger partial charge in [-0.15, -0.1) is 0 Å². The van der Waals surface area contributed by atoms with Crippen molar-refractivity contribution >= 4 is 23.1 Å². The molecule has 80 valence electrons. The molecule has 0 atom stereocenters. The lowest BCUT2D eigenvalue weighted by molar-refractivity contribution is 0.416. The summed E-state index contributed by atoms with van der Waals surface area (Å²) < 4.78 is 9.20. The van der Waals surface area contributed by atoms with Gasteiger partial charge in [0, 0.05) is 5.56 Å². The minimum absolute atomic E-state index is 0.244. The average molecular weight is 251 g/mol. The Balaban J connectivity index is 2.64. The van der Waals surface area contributed by atoms with Crippen molar-refractivity contribution in [3.05, 3.63) is 35.0 Å². The third kappa shape index (κ3) is 1.75. The number of ether oxygens (including phenoxy) is 1. The monoisotopic (exact) mass is 250 g/mol. The van der Waals surface area contributed by atoms with E-state index in [1.807, 2.05) is 24.3 Å². The van der Waals surface area contributed by atoms with Crippen LogP contribution in [0.15, 0.2) is 24.3 Å². The Hall–Kier alpha value is -1.57. The fourth-order valence-electron chi connectivity index (χ4n) is 1.38. The molecular weight excluding hydrogens is 244 g/mol. The Kier molecular flexibility index (Phi) is 3.09. The topological polar surface area (TPSA) is 45.9 Å². The van der Waals surface area contributed by atoms with Crippen LogP contribution in [-0.2, 0) is 0 Å². The maximum atomic E-state index is 9.00. The van der Waals surface area contributed by atoms with Crippen LogP contribution in [0.2, 0.25) is 5.15 Å². The lowest BCUT2D eigenvalue weighted by Gasteiger charge is -2.05. The predicted octanol–water partition coefficient (Wildman–Crippen LogP) is 3.34. The highest BCUT2D eigenvalue weighted by molar-refractivity contribution is 7.10. The van der Waals surface area contributed by atoms with E-state index >= 15 is 0 Å². The molecule has 0 radical (unpaired) electrons. The lowest BCUT2D eigenvalue weighted by Crippen LogP contribution is -1.86. The lowest BCUT2D eigenvalue weighted by atomic mass is 10.1. The molecule has 0 bridgehead atoms. The van der Waals surface area contributed by atoms with E-state index in [1.54, 1.807) is 7.11 Å². The number of rotatable bonds is 2. The Labute approximate surface area is 102 Å². The molecule has 0 amide bonds. The molecule has 16 heavy (non-hydrogen) atoms. The minimum Gasteiger partial charge on any atom is -0.496 e. The van der Waals surface area contributed by atoms with Gasteiger partial charge in [0.15, 0.2) is 5.15 Å². The van der Waals surface area contributed by atoms with Gasteiger partial charge in [-0.3, -0.25) is 0 Å². The van der Waals surface area contributed by atoms with Crippen LogP contribution < -0.4 is 4.74 Å². The third-order valence-electron chi connectivity index (χ3n) is 2.11. The molecule has 0 unspecified atom stereocenters. The molecular formula is C11H7ClN2OS. The Morgan fingerprint density at radius 1 is 1.44 bits per heavy atom. The third-order valence-corrected chi connectivity index (χ3v) is 3.37. The molecule has 0 saturated heterocycles. The Morgan fingerprint density at radius 3 is 2.88 bits per heavy atom. The van der Waals surface area contributed by atoms with E-state index in [0.29, 0.717) is 11.3 Å². The average Bonchev–Trinajstić information content (AvgIpc) is 2.70. The summed E-state index contributed by atoms with van der Waals surface area (Å²) in [6.07, 6.45) is 0. The fraction of sp³-hybridized carbons (Fsp3) is 0.0909. The largest absolute Gasteiger partial charge is 0.496 e. The summed E-state index contributed by atoms with van der Waals surface area (Å²) in [5.74, 6) is 0.708. The number of hydrogen-bond donors (Lipinski definition) is 0. The van der Waals surface area contributed by atoms with Crippen molar-refractivity contribution in [2.75, 3.05) is 7.11 Å². The van der Waals surface area contributed by atoms with Crippen LogP contribution in [0.5, 0.6) is 5.75 Å². The van der Waals surface area contributed by atoms with Crippen LogP contribution >= 0.6 is 23.1 Å². The number of methoxy groups -OCH3 is 1. The van der Waals surface area contributed by atoms with Gasteiger partial charge in [-0.2, -0.15) is 9.64 Å². The zero-order valence-corrected chi connectivity index (χ0v) is 9.97. The number of hydrogen-bond acceptors (Lipinski definition) is 4. The van der Waals surface area contributed by atoms with E-state index < -0.39 is 0 Å². The Morgan fingerprint density at radius 2 is 2.19 bits per heavy atom. The van der Waals surface area contributed by atoms with Crippen molar-refractivity contribution in [2.45, 2.75) is 0 Å². The molecule has 1 aromatic heterocycles. The van der Waals surface area contributed by atoms with Gasteiger partial charge < -0.3 is 4.74 Å². The number of benzene rings is 1. The zero-order chi connectivity index (χ0) is 11.5. The molecule has 1 heterocycles. The first-order valence-corrected chi connectivity index (χ1v) is 5.61. The van der Waals surface area contributed by atoms with Gasteiger partial charge in [0.25, 0.3) is 0 Å². The standard InChI is InChI=1S/C11H7ClN2OS/c1-15-9-5-3-2-4-7(9)10-8(6-13)11(12)14-16-10/h2-5H,1H3. The normalized spacial score (nSPS) is 9.81. The van der Waals surface area contributed by atoms with Gasteiger partial charge in [-0.25, -0.2) is 0 Å². The fourth-order valence-corrected chi connectivity index (χ4v) is 2.44. The van der Waals surface area contributed by atoms with Crippen molar-refractivity contribution in [3.8, 4) is 22.3 Å². The minimum atomic E-state index is 0.244. The molecule has 0 aliphatic carbocycles.